The first-order chi connectivity index (χ1) is 9.65. The zero-order valence-corrected chi connectivity index (χ0v) is 11.7. The molecule has 2 aromatic rings. The van der Waals surface area contributed by atoms with E-state index in [4.69, 9.17) is 9.47 Å². The van der Waals surface area contributed by atoms with E-state index in [0.29, 0.717) is 17.2 Å². The van der Waals surface area contributed by atoms with Crippen molar-refractivity contribution in [1.82, 2.24) is 9.78 Å². The summed E-state index contributed by atoms with van der Waals surface area (Å²) in [6.07, 6.45) is 4.84. The Morgan fingerprint density at radius 1 is 1.20 bits per heavy atom. The Morgan fingerprint density at radius 2 is 1.95 bits per heavy atom. The number of ketones is 1. The Morgan fingerprint density at radius 3 is 2.55 bits per heavy atom. The van der Waals surface area contributed by atoms with Gasteiger partial charge in [-0.2, -0.15) is 5.10 Å². The summed E-state index contributed by atoms with van der Waals surface area (Å²) in [6.45, 7) is 0. The molecule has 0 N–H and O–H groups in total. The van der Waals surface area contributed by atoms with Crippen LogP contribution in [0.5, 0.6) is 11.5 Å². The molecule has 0 saturated heterocycles. The van der Waals surface area contributed by atoms with Gasteiger partial charge >= 0.3 is 0 Å². The maximum Gasteiger partial charge on any atom is 0.203 e. The summed E-state index contributed by atoms with van der Waals surface area (Å²) in [6, 6.07) is 7.15. The molecule has 0 amide bonds. The van der Waals surface area contributed by atoms with E-state index in [1.807, 2.05) is 12.1 Å². The number of methoxy groups -OCH3 is 2. The van der Waals surface area contributed by atoms with Crippen molar-refractivity contribution in [3.63, 3.8) is 0 Å². The third kappa shape index (κ3) is 2.88. The molecule has 5 heteroatoms. The van der Waals surface area contributed by atoms with Gasteiger partial charge in [0.25, 0.3) is 0 Å². The first-order valence-electron chi connectivity index (χ1n) is 6.08. The highest BCUT2D eigenvalue weighted by atomic mass is 16.5. The topological polar surface area (TPSA) is 53.3 Å². The first-order valence-corrected chi connectivity index (χ1v) is 6.08. The van der Waals surface area contributed by atoms with Crippen LogP contribution >= 0.6 is 0 Å². The average Bonchev–Trinajstić information content (AvgIpc) is 2.90. The Balaban J connectivity index is 2.19. The molecule has 0 unspecified atom stereocenters. The number of nitrogens with zero attached hydrogens (tertiary/aromatic N) is 2. The van der Waals surface area contributed by atoms with Gasteiger partial charge in [-0.25, -0.2) is 0 Å². The number of aryl methyl sites for hydroxylation is 1. The maximum absolute atomic E-state index is 12.0. The maximum atomic E-state index is 12.0. The normalized spacial score (nSPS) is 10.8. The fourth-order valence-corrected chi connectivity index (χ4v) is 1.83. The molecule has 5 nitrogen and oxygen atoms in total. The highest BCUT2D eigenvalue weighted by molar-refractivity contribution is 6.05. The molecular formula is C15H16N2O3. The lowest BCUT2D eigenvalue weighted by molar-refractivity contribution is 0.103. The van der Waals surface area contributed by atoms with Crippen molar-refractivity contribution in [3.8, 4) is 11.5 Å². The highest BCUT2D eigenvalue weighted by Gasteiger charge is 2.06. The van der Waals surface area contributed by atoms with E-state index in [1.54, 1.807) is 50.4 Å². The van der Waals surface area contributed by atoms with Crippen LogP contribution in [-0.2, 0) is 7.05 Å². The summed E-state index contributed by atoms with van der Waals surface area (Å²) in [4.78, 5) is 12.0. The Bertz CT molecular complexity index is 644. The number of rotatable bonds is 5. The predicted octanol–water partition coefficient (Wildman–Crippen LogP) is 2.33. The summed E-state index contributed by atoms with van der Waals surface area (Å²) in [5.41, 5.74) is 1.40. The van der Waals surface area contributed by atoms with Crippen molar-refractivity contribution >= 4 is 11.9 Å². The minimum absolute atomic E-state index is 0.0974. The van der Waals surface area contributed by atoms with Crippen molar-refractivity contribution in [2.24, 2.45) is 7.05 Å². The van der Waals surface area contributed by atoms with Crippen molar-refractivity contribution < 1.29 is 14.3 Å². The molecule has 2 rings (SSSR count). The van der Waals surface area contributed by atoms with Crippen LogP contribution in [0.1, 0.15) is 16.1 Å². The second kappa shape index (κ2) is 6.06. The van der Waals surface area contributed by atoms with Crippen LogP contribution in [0.2, 0.25) is 0 Å². The van der Waals surface area contributed by atoms with Crippen LogP contribution in [0.15, 0.2) is 36.5 Å². The Labute approximate surface area is 117 Å². The molecule has 0 fully saturated rings. The van der Waals surface area contributed by atoms with Crippen LogP contribution in [0.3, 0.4) is 0 Å². The monoisotopic (exact) mass is 272 g/mol. The summed E-state index contributed by atoms with van der Waals surface area (Å²) in [5.74, 6) is 1.19. The average molecular weight is 272 g/mol. The largest absolute Gasteiger partial charge is 0.493 e. The van der Waals surface area contributed by atoms with E-state index in [2.05, 4.69) is 5.10 Å². The quantitative estimate of drug-likeness (QED) is 0.619. The number of ether oxygens (including phenoxy) is 2. The summed E-state index contributed by atoms with van der Waals surface area (Å²) in [7, 11) is 4.89. The van der Waals surface area contributed by atoms with E-state index < -0.39 is 0 Å². The molecule has 1 heterocycles. The van der Waals surface area contributed by atoms with E-state index in [-0.39, 0.29) is 5.78 Å². The standard InChI is InChI=1S/C15H16N2O3/c1-17-12(8-9-16-17)13(18)6-4-11-5-7-14(19-2)15(10-11)20-3/h4-10H,1-3H3. The van der Waals surface area contributed by atoms with Gasteiger partial charge in [-0.3, -0.25) is 9.48 Å². The molecule has 1 aromatic heterocycles. The minimum Gasteiger partial charge on any atom is -0.493 e. The first kappa shape index (κ1) is 13.9. The van der Waals surface area contributed by atoms with Gasteiger partial charge in [-0.05, 0) is 29.8 Å². The van der Waals surface area contributed by atoms with Gasteiger partial charge in [-0.1, -0.05) is 12.1 Å². The molecule has 1 aromatic carbocycles. The number of allylic oxidation sites excluding steroid dienone is 1. The number of hydrogen-bond acceptors (Lipinski definition) is 4. The smallest absolute Gasteiger partial charge is 0.203 e. The minimum atomic E-state index is -0.0974. The molecule has 0 aliphatic carbocycles. The second-order valence-electron chi connectivity index (χ2n) is 4.15. The molecule has 20 heavy (non-hydrogen) atoms. The number of benzene rings is 1. The van der Waals surface area contributed by atoms with Gasteiger partial charge in [0.05, 0.1) is 14.2 Å². The lowest BCUT2D eigenvalue weighted by Gasteiger charge is -2.07. The van der Waals surface area contributed by atoms with Gasteiger partial charge in [0, 0.05) is 13.2 Å². The van der Waals surface area contributed by atoms with Crippen molar-refractivity contribution in [2.45, 2.75) is 0 Å². The molecule has 0 aliphatic rings. The lowest BCUT2D eigenvalue weighted by Crippen LogP contribution is -2.03. The fraction of sp³-hybridized carbons (Fsp3) is 0.200. The zero-order chi connectivity index (χ0) is 14.5. The molecule has 0 spiro atoms. The van der Waals surface area contributed by atoms with Crippen LogP contribution in [-0.4, -0.2) is 29.8 Å². The lowest BCUT2D eigenvalue weighted by atomic mass is 10.1. The van der Waals surface area contributed by atoms with Crippen molar-refractivity contribution in [1.29, 1.82) is 0 Å². The molecule has 0 atom stereocenters. The van der Waals surface area contributed by atoms with Gasteiger partial charge < -0.3 is 9.47 Å². The van der Waals surface area contributed by atoms with Crippen LogP contribution in [0.25, 0.3) is 6.08 Å². The number of carbonyl (C=O) groups is 1. The second-order valence-corrected chi connectivity index (χ2v) is 4.15. The predicted molar refractivity (Wildman–Crippen MR) is 76.1 cm³/mol. The SMILES string of the molecule is COc1ccc(C=CC(=O)c2ccnn2C)cc1OC. The fourth-order valence-electron chi connectivity index (χ4n) is 1.83. The van der Waals surface area contributed by atoms with E-state index in [9.17, 15) is 4.79 Å². The molecule has 0 radical (unpaired) electrons. The van der Waals surface area contributed by atoms with E-state index in [0.717, 1.165) is 5.56 Å². The Kier molecular flexibility index (Phi) is 4.20. The van der Waals surface area contributed by atoms with Gasteiger partial charge in [0.2, 0.25) is 5.78 Å². The van der Waals surface area contributed by atoms with Gasteiger partial charge in [0.1, 0.15) is 5.69 Å². The molecular weight excluding hydrogens is 256 g/mol. The van der Waals surface area contributed by atoms with Crippen LogP contribution in [0, 0.1) is 0 Å². The molecule has 0 bridgehead atoms. The van der Waals surface area contributed by atoms with Crippen molar-refractivity contribution in [2.75, 3.05) is 14.2 Å². The summed E-state index contributed by atoms with van der Waals surface area (Å²) in [5, 5.41) is 3.97. The molecule has 0 aliphatic heterocycles. The Hall–Kier alpha value is -2.56. The van der Waals surface area contributed by atoms with Crippen molar-refractivity contribution in [3.05, 3.63) is 47.8 Å². The summed E-state index contributed by atoms with van der Waals surface area (Å²) < 4.78 is 11.9. The molecule has 104 valence electrons. The zero-order valence-electron chi connectivity index (χ0n) is 11.7. The number of hydrogen-bond donors (Lipinski definition) is 0. The number of aromatic nitrogens is 2. The number of carbonyl (C=O) groups excluding carboxylic acids is 1. The summed E-state index contributed by atoms with van der Waals surface area (Å²) >= 11 is 0. The van der Waals surface area contributed by atoms with Gasteiger partial charge in [-0.15, -0.1) is 0 Å². The van der Waals surface area contributed by atoms with Gasteiger partial charge in [0.15, 0.2) is 11.5 Å². The van der Waals surface area contributed by atoms with Crippen LogP contribution in [0.4, 0.5) is 0 Å². The third-order valence-corrected chi connectivity index (χ3v) is 2.91. The van der Waals surface area contributed by atoms with Crippen LogP contribution < -0.4 is 9.47 Å². The van der Waals surface area contributed by atoms with E-state index >= 15 is 0 Å². The third-order valence-electron chi connectivity index (χ3n) is 2.91. The molecule has 0 saturated carbocycles. The highest BCUT2D eigenvalue weighted by Crippen LogP contribution is 2.27. The van der Waals surface area contributed by atoms with E-state index in [1.165, 1.54) is 6.08 Å².